The van der Waals surface area contributed by atoms with Gasteiger partial charge in [-0.3, -0.25) is 4.79 Å². The highest BCUT2D eigenvalue weighted by Gasteiger charge is 2.10. The van der Waals surface area contributed by atoms with Gasteiger partial charge in [-0.1, -0.05) is 0 Å². The van der Waals surface area contributed by atoms with E-state index in [4.69, 9.17) is 9.52 Å². The molecule has 1 aromatic rings. The third kappa shape index (κ3) is 3.97. The molecule has 0 fully saturated rings. The topological polar surface area (TPSA) is 62.5 Å². The molecule has 4 nitrogen and oxygen atoms in total. The molecule has 0 aliphatic carbocycles. The fourth-order valence-corrected chi connectivity index (χ4v) is 1.49. The number of carbonyl (C=O) groups is 1. The van der Waals surface area contributed by atoms with Crippen LogP contribution in [0.25, 0.3) is 0 Å². The number of aliphatic hydroxyl groups is 1. The summed E-state index contributed by atoms with van der Waals surface area (Å²) in [5.74, 6) is 1.54. The van der Waals surface area contributed by atoms with E-state index in [0.29, 0.717) is 5.76 Å². The minimum Gasteiger partial charge on any atom is -0.455 e. The van der Waals surface area contributed by atoms with Gasteiger partial charge in [0, 0.05) is 6.54 Å². The van der Waals surface area contributed by atoms with E-state index in [2.05, 4.69) is 5.32 Å². The van der Waals surface area contributed by atoms with E-state index in [0.717, 1.165) is 11.5 Å². The van der Waals surface area contributed by atoms with E-state index < -0.39 is 6.10 Å². The summed E-state index contributed by atoms with van der Waals surface area (Å²) in [6.07, 6.45) is 1.42. The Morgan fingerprint density at radius 1 is 1.67 bits per heavy atom. The second-order valence-electron chi connectivity index (χ2n) is 3.26. The van der Waals surface area contributed by atoms with Crippen LogP contribution in [-0.4, -0.2) is 29.9 Å². The first-order chi connectivity index (χ1) is 7.13. The van der Waals surface area contributed by atoms with Crippen molar-refractivity contribution < 1.29 is 14.3 Å². The molecule has 1 rings (SSSR count). The van der Waals surface area contributed by atoms with Crippen LogP contribution in [0.15, 0.2) is 16.5 Å². The van der Waals surface area contributed by atoms with Gasteiger partial charge in [0.05, 0.1) is 11.9 Å². The Hall–Kier alpha value is -0.940. The highest BCUT2D eigenvalue weighted by Crippen LogP contribution is 2.13. The maximum atomic E-state index is 11.4. The summed E-state index contributed by atoms with van der Waals surface area (Å²) in [5, 5.41) is 11.6. The first-order valence-electron chi connectivity index (χ1n) is 4.67. The molecule has 2 N–H and O–H groups in total. The molecule has 84 valence electrons. The zero-order valence-electron chi connectivity index (χ0n) is 8.82. The second-order valence-corrected chi connectivity index (χ2v) is 4.12. The fourth-order valence-electron chi connectivity index (χ4n) is 1.05. The smallest absolute Gasteiger partial charge is 0.287 e. The predicted octanol–water partition coefficient (Wildman–Crippen LogP) is 1.25. The maximum Gasteiger partial charge on any atom is 0.287 e. The summed E-state index contributed by atoms with van der Waals surface area (Å²) < 4.78 is 5.30. The lowest BCUT2D eigenvalue weighted by Gasteiger charge is -2.04. The fraction of sp³-hybridized carbons (Fsp3) is 0.500. The van der Waals surface area contributed by atoms with Gasteiger partial charge in [0.25, 0.3) is 5.91 Å². The van der Waals surface area contributed by atoms with Crippen LogP contribution in [0.5, 0.6) is 0 Å². The van der Waals surface area contributed by atoms with Gasteiger partial charge in [-0.2, -0.15) is 11.8 Å². The molecule has 0 radical (unpaired) electrons. The first kappa shape index (κ1) is 12.1. The van der Waals surface area contributed by atoms with Crippen molar-refractivity contribution in [3.05, 3.63) is 23.7 Å². The van der Waals surface area contributed by atoms with Crippen molar-refractivity contribution in [3.8, 4) is 0 Å². The molecule has 0 aliphatic rings. The number of thioether (sulfide) groups is 1. The zero-order valence-corrected chi connectivity index (χ0v) is 9.63. The van der Waals surface area contributed by atoms with Gasteiger partial charge in [-0.15, -0.1) is 0 Å². The normalized spacial score (nSPS) is 12.5. The quantitative estimate of drug-likeness (QED) is 0.797. The van der Waals surface area contributed by atoms with E-state index in [1.54, 1.807) is 30.8 Å². The predicted molar refractivity (Wildman–Crippen MR) is 59.9 cm³/mol. The van der Waals surface area contributed by atoms with Crippen LogP contribution < -0.4 is 5.32 Å². The van der Waals surface area contributed by atoms with Crippen molar-refractivity contribution in [2.24, 2.45) is 0 Å². The molecule has 1 atom stereocenters. The van der Waals surface area contributed by atoms with Gasteiger partial charge in [0.2, 0.25) is 0 Å². The average Bonchev–Trinajstić information content (AvgIpc) is 2.63. The lowest BCUT2D eigenvalue weighted by atomic mass is 10.3. The number of rotatable bonds is 5. The van der Waals surface area contributed by atoms with Crippen LogP contribution in [0.4, 0.5) is 0 Å². The molecule has 0 bridgehead atoms. The number of nitrogens with one attached hydrogen (secondary N) is 1. The van der Waals surface area contributed by atoms with Gasteiger partial charge >= 0.3 is 0 Å². The van der Waals surface area contributed by atoms with Crippen LogP contribution in [0.1, 0.15) is 23.2 Å². The van der Waals surface area contributed by atoms with E-state index >= 15 is 0 Å². The van der Waals surface area contributed by atoms with Crippen molar-refractivity contribution in [2.45, 2.75) is 18.8 Å². The van der Waals surface area contributed by atoms with Crippen molar-refractivity contribution in [1.29, 1.82) is 0 Å². The van der Waals surface area contributed by atoms with Gasteiger partial charge in [0.15, 0.2) is 5.76 Å². The highest BCUT2D eigenvalue weighted by atomic mass is 32.2. The van der Waals surface area contributed by atoms with Crippen LogP contribution in [0.2, 0.25) is 0 Å². The molecule has 0 aromatic carbocycles. The number of hydrogen-bond donors (Lipinski definition) is 2. The van der Waals surface area contributed by atoms with E-state index in [1.807, 2.05) is 6.26 Å². The van der Waals surface area contributed by atoms with E-state index in [9.17, 15) is 4.79 Å². The van der Waals surface area contributed by atoms with Crippen LogP contribution in [0, 0.1) is 0 Å². The lowest BCUT2D eigenvalue weighted by molar-refractivity contribution is 0.0895. The van der Waals surface area contributed by atoms with Crippen LogP contribution >= 0.6 is 11.8 Å². The third-order valence-electron chi connectivity index (χ3n) is 1.73. The molecular weight excluding hydrogens is 214 g/mol. The minimum atomic E-state index is -0.547. The molecular formula is C10H15NO3S. The Morgan fingerprint density at radius 3 is 3.00 bits per heavy atom. The molecule has 0 aliphatic heterocycles. The van der Waals surface area contributed by atoms with E-state index in [1.165, 1.54) is 0 Å². The number of amides is 1. The van der Waals surface area contributed by atoms with Crippen molar-refractivity contribution >= 4 is 17.7 Å². The number of hydrogen-bond acceptors (Lipinski definition) is 4. The standard InChI is InChI=1S/C10H15NO3S/c1-7(12)5-11-10(13)9-4-3-8(14-9)6-15-2/h3-4,7,12H,5-6H2,1-2H3,(H,11,13)/t7-/m1/s1. The summed E-state index contributed by atoms with van der Waals surface area (Å²) in [5.41, 5.74) is 0. The second kappa shape index (κ2) is 5.82. The Morgan fingerprint density at radius 2 is 2.40 bits per heavy atom. The molecule has 15 heavy (non-hydrogen) atoms. The Bertz CT molecular complexity index is 322. The molecule has 1 aromatic heterocycles. The first-order valence-corrected chi connectivity index (χ1v) is 6.06. The monoisotopic (exact) mass is 229 g/mol. The van der Waals surface area contributed by atoms with Crippen LogP contribution in [-0.2, 0) is 5.75 Å². The summed E-state index contributed by atoms with van der Waals surface area (Å²) >= 11 is 1.63. The molecule has 0 saturated heterocycles. The lowest BCUT2D eigenvalue weighted by Crippen LogP contribution is -2.30. The highest BCUT2D eigenvalue weighted by molar-refractivity contribution is 7.97. The van der Waals surface area contributed by atoms with Gasteiger partial charge in [0.1, 0.15) is 5.76 Å². The van der Waals surface area contributed by atoms with Gasteiger partial charge in [-0.25, -0.2) is 0 Å². The Kier molecular flexibility index (Phi) is 4.71. The average molecular weight is 229 g/mol. The summed E-state index contributed by atoms with van der Waals surface area (Å²) in [4.78, 5) is 11.4. The van der Waals surface area contributed by atoms with Gasteiger partial charge < -0.3 is 14.8 Å². The summed E-state index contributed by atoms with van der Waals surface area (Å²) in [6, 6.07) is 3.43. The van der Waals surface area contributed by atoms with Crippen molar-refractivity contribution in [1.82, 2.24) is 5.32 Å². The molecule has 0 unspecified atom stereocenters. The van der Waals surface area contributed by atoms with Gasteiger partial charge in [-0.05, 0) is 25.3 Å². The largest absolute Gasteiger partial charge is 0.455 e. The number of furan rings is 1. The number of carbonyl (C=O) groups excluding carboxylic acids is 1. The van der Waals surface area contributed by atoms with Crippen molar-refractivity contribution in [3.63, 3.8) is 0 Å². The Labute approximate surface area is 93.0 Å². The maximum absolute atomic E-state index is 11.4. The molecule has 1 heterocycles. The van der Waals surface area contributed by atoms with Crippen molar-refractivity contribution in [2.75, 3.05) is 12.8 Å². The molecule has 1 amide bonds. The molecule has 5 heteroatoms. The van der Waals surface area contributed by atoms with E-state index in [-0.39, 0.29) is 12.5 Å². The minimum absolute atomic E-state index is 0.234. The molecule has 0 saturated carbocycles. The third-order valence-corrected chi connectivity index (χ3v) is 2.30. The summed E-state index contributed by atoms with van der Waals surface area (Å²) in [6.45, 7) is 1.85. The Balaban J connectivity index is 2.50. The molecule has 0 spiro atoms. The zero-order chi connectivity index (χ0) is 11.3. The summed E-state index contributed by atoms with van der Waals surface area (Å²) in [7, 11) is 0. The number of aliphatic hydroxyl groups excluding tert-OH is 1. The SMILES string of the molecule is CSCc1ccc(C(=O)NC[C@@H](C)O)o1. The van der Waals surface area contributed by atoms with Crippen LogP contribution in [0.3, 0.4) is 0 Å².